The fourth-order valence-corrected chi connectivity index (χ4v) is 3.78. The van der Waals surface area contributed by atoms with Crippen LogP contribution in [0.15, 0.2) is 0 Å². The van der Waals surface area contributed by atoms with E-state index in [9.17, 15) is 0 Å². The lowest BCUT2D eigenvalue weighted by Crippen LogP contribution is -2.63. The van der Waals surface area contributed by atoms with Crippen molar-refractivity contribution in [2.75, 3.05) is 19.6 Å². The van der Waals surface area contributed by atoms with Crippen LogP contribution < -0.4 is 5.32 Å². The van der Waals surface area contributed by atoms with Gasteiger partial charge in [0.05, 0.1) is 0 Å². The van der Waals surface area contributed by atoms with E-state index in [1.54, 1.807) is 0 Å². The molecule has 1 aliphatic carbocycles. The zero-order valence-electron chi connectivity index (χ0n) is 13.6. The van der Waals surface area contributed by atoms with E-state index in [0.29, 0.717) is 11.0 Å². The van der Waals surface area contributed by atoms with Crippen LogP contribution in [0.3, 0.4) is 0 Å². The molecule has 0 amide bonds. The molecular weight excluding hydrogens is 232 g/mol. The lowest BCUT2D eigenvalue weighted by atomic mass is 9.88. The normalized spacial score (nSPS) is 28.1. The smallest absolute Gasteiger partial charge is 0.0309 e. The number of hydrogen-bond acceptors (Lipinski definition) is 2. The number of nitrogens with zero attached hydrogens (tertiary/aromatic N) is 1. The number of hydrogen-bond donors (Lipinski definition) is 1. The van der Waals surface area contributed by atoms with Gasteiger partial charge in [0.25, 0.3) is 0 Å². The van der Waals surface area contributed by atoms with Gasteiger partial charge in [0.15, 0.2) is 0 Å². The van der Waals surface area contributed by atoms with Crippen LogP contribution in [-0.2, 0) is 0 Å². The summed E-state index contributed by atoms with van der Waals surface area (Å²) in [6.07, 6.45) is 9.65. The van der Waals surface area contributed by atoms with Crippen LogP contribution in [0.25, 0.3) is 0 Å². The van der Waals surface area contributed by atoms with Crippen LogP contribution in [0.1, 0.15) is 72.6 Å². The Hall–Kier alpha value is -0.0800. The summed E-state index contributed by atoms with van der Waals surface area (Å²) in [5.74, 6) is 0. The monoisotopic (exact) mass is 266 g/mol. The number of nitrogens with one attached hydrogen (secondary N) is 1. The van der Waals surface area contributed by atoms with Crippen molar-refractivity contribution < 1.29 is 0 Å². The van der Waals surface area contributed by atoms with E-state index in [-0.39, 0.29) is 0 Å². The summed E-state index contributed by atoms with van der Waals surface area (Å²) in [6, 6.07) is 0.776. The van der Waals surface area contributed by atoms with Gasteiger partial charge in [0.1, 0.15) is 0 Å². The van der Waals surface area contributed by atoms with Crippen LogP contribution in [-0.4, -0.2) is 36.1 Å². The third-order valence-corrected chi connectivity index (χ3v) is 5.07. The lowest BCUT2D eigenvalue weighted by molar-refractivity contribution is 0.0659. The predicted molar refractivity (Wildman–Crippen MR) is 83.5 cm³/mol. The molecule has 1 atom stereocenters. The molecule has 2 aliphatic rings. The first-order chi connectivity index (χ1) is 8.94. The van der Waals surface area contributed by atoms with Gasteiger partial charge in [-0.1, -0.05) is 47.0 Å². The highest BCUT2D eigenvalue weighted by Gasteiger charge is 2.40. The molecule has 1 saturated carbocycles. The topological polar surface area (TPSA) is 15.3 Å². The Morgan fingerprint density at radius 3 is 2.47 bits per heavy atom. The Labute approximate surface area is 120 Å². The van der Waals surface area contributed by atoms with Gasteiger partial charge in [-0.2, -0.15) is 0 Å². The van der Waals surface area contributed by atoms with Crippen molar-refractivity contribution in [3.63, 3.8) is 0 Å². The van der Waals surface area contributed by atoms with Gasteiger partial charge in [0.2, 0.25) is 0 Å². The second kappa shape index (κ2) is 6.13. The van der Waals surface area contributed by atoms with Gasteiger partial charge in [-0.25, -0.2) is 0 Å². The minimum Gasteiger partial charge on any atom is -0.308 e. The maximum atomic E-state index is 3.91. The standard InChI is InChI=1S/C17H34N2/c1-5-8-15-13-18-17(9-6-7-10-17)14-19(15)12-11-16(2,3)4/h15,18H,5-14H2,1-4H3. The molecule has 0 aromatic rings. The number of piperazine rings is 1. The minimum atomic E-state index is 0.463. The van der Waals surface area contributed by atoms with Crippen molar-refractivity contribution in [2.24, 2.45) is 5.41 Å². The van der Waals surface area contributed by atoms with Crippen LogP contribution in [0.4, 0.5) is 0 Å². The van der Waals surface area contributed by atoms with Crippen molar-refractivity contribution in [2.45, 2.75) is 84.2 Å². The van der Waals surface area contributed by atoms with Crippen LogP contribution in [0.2, 0.25) is 0 Å². The molecule has 1 unspecified atom stereocenters. The Kier molecular flexibility index (Phi) is 4.94. The van der Waals surface area contributed by atoms with E-state index in [2.05, 4.69) is 37.9 Å². The lowest BCUT2D eigenvalue weighted by Gasteiger charge is -2.47. The van der Waals surface area contributed by atoms with Crippen LogP contribution in [0.5, 0.6) is 0 Å². The fourth-order valence-electron chi connectivity index (χ4n) is 3.78. The molecule has 1 saturated heterocycles. The molecular formula is C17H34N2. The largest absolute Gasteiger partial charge is 0.308 e. The molecule has 2 fully saturated rings. The first kappa shape index (κ1) is 15.3. The van der Waals surface area contributed by atoms with Crippen molar-refractivity contribution in [1.29, 1.82) is 0 Å². The molecule has 1 spiro atoms. The van der Waals surface area contributed by atoms with E-state index in [1.165, 1.54) is 64.6 Å². The van der Waals surface area contributed by atoms with Crippen LogP contribution >= 0.6 is 0 Å². The summed E-state index contributed by atoms with van der Waals surface area (Å²) < 4.78 is 0. The van der Waals surface area contributed by atoms with E-state index < -0.39 is 0 Å². The first-order valence-electron chi connectivity index (χ1n) is 8.43. The maximum absolute atomic E-state index is 3.91. The maximum Gasteiger partial charge on any atom is 0.0309 e. The van der Waals surface area contributed by atoms with E-state index in [4.69, 9.17) is 0 Å². The second-order valence-corrected chi connectivity index (χ2v) is 8.09. The van der Waals surface area contributed by atoms with Gasteiger partial charge in [-0.15, -0.1) is 0 Å². The second-order valence-electron chi connectivity index (χ2n) is 8.09. The van der Waals surface area contributed by atoms with Crippen molar-refractivity contribution >= 4 is 0 Å². The predicted octanol–water partition coefficient (Wildman–Crippen LogP) is 3.81. The molecule has 0 aromatic heterocycles. The highest BCUT2D eigenvalue weighted by Crippen LogP contribution is 2.34. The molecule has 2 rings (SSSR count). The van der Waals surface area contributed by atoms with E-state index in [1.807, 2.05) is 0 Å². The average Bonchev–Trinajstić information content (AvgIpc) is 2.77. The van der Waals surface area contributed by atoms with Crippen molar-refractivity contribution in [3.05, 3.63) is 0 Å². The van der Waals surface area contributed by atoms with Gasteiger partial charge in [-0.3, -0.25) is 4.90 Å². The SMILES string of the molecule is CCCC1CNC2(CCCC2)CN1CCC(C)(C)C. The van der Waals surface area contributed by atoms with E-state index >= 15 is 0 Å². The van der Waals surface area contributed by atoms with Gasteiger partial charge in [-0.05, 0) is 37.6 Å². The Morgan fingerprint density at radius 2 is 1.89 bits per heavy atom. The molecule has 0 aromatic carbocycles. The molecule has 2 nitrogen and oxygen atoms in total. The zero-order valence-corrected chi connectivity index (χ0v) is 13.6. The van der Waals surface area contributed by atoms with E-state index in [0.717, 1.165) is 6.04 Å². The Bertz CT molecular complexity index is 273. The highest BCUT2D eigenvalue weighted by molar-refractivity contribution is 5.01. The highest BCUT2D eigenvalue weighted by atomic mass is 15.3. The van der Waals surface area contributed by atoms with Crippen molar-refractivity contribution in [3.8, 4) is 0 Å². The van der Waals surface area contributed by atoms with Gasteiger partial charge < -0.3 is 5.32 Å². The summed E-state index contributed by atoms with van der Waals surface area (Å²) in [5, 5.41) is 3.91. The third-order valence-electron chi connectivity index (χ3n) is 5.07. The summed E-state index contributed by atoms with van der Waals surface area (Å²) >= 11 is 0. The third kappa shape index (κ3) is 4.19. The first-order valence-corrected chi connectivity index (χ1v) is 8.43. The summed E-state index contributed by atoms with van der Waals surface area (Å²) in [4.78, 5) is 2.82. The van der Waals surface area contributed by atoms with Crippen molar-refractivity contribution in [1.82, 2.24) is 10.2 Å². The molecule has 1 aliphatic heterocycles. The Balaban J connectivity index is 1.96. The number of rotatable bonds is 4. The fraction of sp³-hybridized carbons (Fsp3) is 1.00. The average molecular weight is 266 g/mol. The quantitative estimate of drug-likeness (QED) is 0.832. The molecule has 19 heavy (non-hydrogen) atoms. The molecule has 1 heterocycles. The van der Waals surface area contributed by atoms with Crippen LogP contribution in [0, 0.1) is 5.41 Å². The molecule has 0 bridgehead atoms. The zero-order chi connectivity index (χ0) is 13.9. The molecule has 112 valence electrons. The summed E-state index contributed by atoms with van der Waals surface area (Å²) in [6.45, 7) is 13.2. The molecule has 1 N–H and O–H groups in total. The minimum absolute atomic E-state index is 0.463. The van der Waals surface area contributed by atoms with Gasteiger partial charge in [0, 0.05) is 24.7 Å². The summed E-state index contributed by atoms with van der Waals surface area (Å²) in [7, 11) is 0. The molecule has 0 radical (unpaired) electrons. The van der Waals surface area contributed by atoms with Gasteiger partial charge >= 0.3 is 0 Å². The summed E-state index contributed by atoms with van der Waals surface area (Å²) in [5.41, 5.74) is 0.937. The molecule has 2 heteroatoms. The Morgan fingerprint density at radius 1 is 1.21 bits per heavy atom.